The quantitative estimate of drug-likeness (QED) is 0.683. The molecule has 1 aliphatic rings. The molecule has 0 spiro atoms. The summed E-state index contributed by atoms with van der Waals surface area (Å²) in [5.74, 6) is 1.78. The second kappa shape index (κ2) is 5.15. The second-order valence-corrected chi connectivity index (χ2v) is 4.46. The summed E-state index contributed by atoms with van der Waals surface area (Å²) in [5.41, 5.74) is 0.773. The van der Waals surface area contributed by atoms with Crippen molar-refractivity contribution in [2.24, 2.45) is 5.92 Å². The maximum atomic E-state index is 11.7. The van der Waals surface area contributed by atoms with E-state index >= 15 is 0 Å². The van der Waals surface area contributed by atoms with Crippen molar-refractivity contribution >= 4 is 5.78 Å². The molecule has 1 aliphatic carbocycles. The molecule has 0 heterocycles. The zero-order chi connectivity index (χ0) is 11.4. The molecule has 0 N–H and O–H groups in total. The van der Waals surface area contributed by atoms with Crippen LogP contribution in [-0.4, -0.2) is 12.4 Å². The maximum Gasteiger partial charge on any atom is 0.162 e. The summed E-state index contributed by atoms with van der Waals surface area (Å²) in [4.78, 5) is 11.7. The Morgan fingerprint density at radius 2 is 2.25 bits per heavy atom. The SMILES string of the molecule is CCCC(=O)c1cccc(OCC2CC2)c1. The van der Waals surface area contributed by atoms with Gasteiger partial charge in [0, 0.05) is 12.0 Å². The van der Waals surface area contributed by atoms with Crippen LogP contribution in [0.25, 0.3) is 0 Å². The molecular weight excluding hydrogens is 200 g/mol. The minimum Gasteiger partial charge on any atom is -0.493 e. The number of hydrogen-bond donors (Lipinski definition) is 0. The van der Waals surface area contributed by atoms with Crippen LogP contribution >= 0.6 is 0 Å². The first-order valence-corrected chi connectivity index (χ1v) is 6.05. The van der Waals surface area contributed by atoms with Crippen LogP contribution in [0.2, 0.25) is 0 Å². The Balaban J connectivity index is 1.97. The average molecular weight is 218 g/mol. The Kier molecular flexibility index (Phi) is 3.60. The number of carbonyl (C=O) groups is 1. The average Bonchev–Trinajstić information content (AvgIpc) is 3.11. The highest BCUT2D eigenvalue weighted by Gasteiger charge is 2.21. The monoisotopic (exact) mass is 218 g/mol. The van der Waals surface area contributed by atoms with Gasteiger partial charge in [0.15, 0.2) is 5.78 Å². The molecule has 0 unspecified atom stereocenters. The number of benzene rings is 1. The van der Waals surface area contributed by atoms with Gasteiger partial charge in [-0.05, 0) is 37.3 Å². The largest absolute Gasteiger partial charge is 0.493 e. The van der Waals surface area contributed by atoms with Crippen LogP contribution in [0.5, 0.6) is 5.75 Å². The second-order valence-electron chi connectivity index (χ2n) is 4.46. The smallest absolute Gasteiger partial charge is 0.162 e. The van der Waals surface area contributed by atoms with Crippen LogP contribution in [0.3, 0.4) is 0 Å². The standard InChI is InChI=1S/C14H18O2/c1-2-4-14(15)12-5-3-6-13(9-12)16-10-11-7-8-11/h3,5-6,9,11H,2,4,7-8,10H2,1H3. The summed E-state index contributed by atoms with van der Waals surface area (Å²) < 4.78 is 5.65. The summed E-state index contributed by atoms with van der Waals surface area (Å²) in [7, 11) is 0. The molecular formula is C14H18O2. The first-order chi connectivity index (χ1) is 7.79. The van der Waals surface area contributed by atoms with Gasteiger partial charge in [0.2, 0.25) is 0 Å². The lowest BCUT2D eigenvalue weighted by Crippen LogP contribution is -2.02. The van der Waals surface area contributed by atoms with Crippen molar-refractivity contribution < 1.29 is 9.53 Å². The van der Waals surface area contributed by atoms with E-state index in [2.05, 4.69) is 0 Å². The summed E-state index contributed by atoms with van der Waals surface area (Å²) in [5, 5.41) is 0. The van der Waals surface area contributed by atoms with Crippen LogP contribution in [-0.2, 0) is 0 Å². The maximum absolute atomic E-state index is 11.7. The van der Waals surface area contributed by atoms with Crippen molar-refractivity contribution in [3.05, 3.63) is 29.8 Å². The van der Waals surface area contributed by atoms with Crippen molar-refractivity contribution in [1.29, 1.82) is 0 Å². The molecule has 1 saturated carbocycles. The highest BCUT2D eigenvalue weighted by molar-refractivity contribution is 5.96. The number of rotatable bonds is 6. The molecule has 0 saturated heterocycles. The number of hydrogen-bond acceptors (Lipinski definition) is 2. The molecule has 1 aromatic carbocycles. The highest BCUT2D eigenvalue weighted by Crippen LogP contribution is 2.29. The molecule has 0 aliphatic heterocycles. The molecule has 0 radical (unpaired) electrons. The van der Waals surface area contributed by atoms with Gasteiger partial charge in [0.1, 0.15) is 5.75 Å². The summed E-state index contributed by atoms with van der Waals surface area (Å²) in [6.45, 7) is 2.82. The van der Waals surface area contributed by atoms with Crippen LogP contribution in [0, 0.1) is 5.92 Å². The molecule has 16 heavy (non-hydrogen) atoms. The number of carbonyl (C=O) groups excluding carboxylic acids is 1. The van der Waals surface area contributed by atoms with Crippen molar-refractivity contribution in [1.82, 2.24) is 0 Å². The third-order valence-corrected chi connectivity index (χ3v) is 2.82. The van der Waals surface area contributed by atoms with E-state index in [0.717, 1.165) is 30.3 Å². The third-order valence-electron chi connectivity index (χ3n) is 2.82. The molecule has 0 bridgehead atoms. The Morgan fingerprint density at radius 3 is 2.94 bits per heavy atom. The van der Waals surface area contributed by atoms with Gasteiger partial charge in [-0.3, -0.25) is 4.79 Å². The van der Waals surface area contributed by atoms with Crippen molar-refractivity contribution in [3.8, 4) is 5.75 Å². The summed E-state index contributed by atoms with van der Waals surface area (Å²) in [6, 6.07) is 7.54. The molecule has 0 atom stereocenters. The van der Waals surface area contributed by atoms with Crippen molar-refractivity contribution in [2.75, 3.05) is 6.61 Å². The van der Waals surface area contributed by atoms with Gasteiger partial charge in [-0.25, -0.2) is 0 Å². The lowest BCUT2D eigenvalue weighted by molar-refractivity contribution is 0.0981. The van der Waals surface area contributed by atoms with Crippen molar-refractivity contribution in [2.45, 2.75) is 32.6 Å². The lowest BCUT2D eigenvalue weighted by atomic mass is 10.1. The van der Waals surface area contributed by atoms with E-state index in [9.17, 15) is 4.79 Å². The normalized spacial score (nSPS) is 14.8. The van der Waals surface area contributed by atoms with E-state index in [-0.39, 0.29) is 5.78 Å². The van der Waals surface area contributed by atoms with E-state index in [4.69, 9.17) is 4.74 Å². The van der Waals surface area contributed by atoms with E-state index in [1.807, 2.05) is 31.2 Å². The Hall–Kier alpha value is -1.31. The van der Waals surface area contributed by atoms with Gasteiger partial charge >= 0.3 is 0 Å². The van der Waals surface area contributed by atoms with Crippen LogP contribution in [0.15, 0.2) is 24.3 Å². The molecule has 1 fully saturated rings. The predicted molar refractivity (Wildman–Crippen MR) is 63.9 cm³/mol. The minimum absolute atomic E-state index is 0.208. The zero-order valence-corrected chi connectivity index (χ0v) is 9.74. The Morgan fingerprint density at radius 1 is 1.44 bits per heavy atom. The van der Waals surface area contributed by atoms with E-state index in [1.54, 1.807) is 0 Å². The highest BCUT2D eigenvalue weighted by atomic mass is 16.5. The topological polar surface area (TPSA) is 26.3 Å². The van der Waals surface area contributed by atoms with Crippen LogP contribution in [0.1, 0.15) is 43.0 Å². The van der Waals surface area contributed by atoms with Crippen LogP contribution < -0.4 is 4.74 Å². The molecule has 0 amide bonds. The van der Waals surface area contributed by atoms with E-state index in [0.29, 0.717) is 6.42 Å². The van der Waals surface area contributed by atoms with Gasteiger partial charge in [-0.2, -0.15) is 0 Å². The summed E-state index contributed by atoms with van der Waals surface area (Å²) >= 11 is 0. The minimum atomic E-state index is 0.208. The van der Waals surface area contributed by atoms with Gasteiger partial charge in [0.05, 0.1) is 6.61 Å². The first kappa shape index (κ1) is 11.2. The fourth-order valence-corrected chi connectivity index (χ4v) is 1.63. The Bertz CT molecular complexity index is 367. The number of ketones is 1. The van der Waals surface area contributed by atoms with Gasteiger partial charge in [-0.1, -0.05) is 19.1 Å². The molecule has 2 rings (SSSR count). The molecule has 2 heteroatoms. The molecule has 86 valence electrons. The number of ether oxygens (including phenoxy) is 1. The zero-order valence-electron chi connectivity index (χ0n) is 9.74. The fourth-order valence-electron chi connectivity index (χ4n) is 1.63. The molecule has 1 aromatic rings. The fraction of sp³-hybridized carbons (Fsp3) is 0.500. The molecule has 0 aromatic heterocycles. The van der Waals surface area contributed by atoms with Crippen LogP contribution in [0.4, 0.5) is 0 Å². The number of Topliss-reactive ketones (excluding diaryl/α,β-unsaturated/α-hetero) is 1. The predicted octanol–water partition coefficient (Wildman–Crippen LogP) is 3.46. The van der Waals surface area contributed by atoms with Gasteiger partial charge < -0.3 is 4.74 Å². The first-order valence-electron chi connectivity index (χ1n) is 6.05. The lowest BCUT2D eigenvalue weighted by Gasteiger charge is -2.06. The van der Waals surface area contributed by atoms with Crippen molar-refractivity contribution in [3.63, 3.8) is 0 Å². The Labute approximate surface area is 96.6 Å². The summed E-state index contributed by atoms with van der Waals surface area (Å²) in [6.07, 6.45) is 4.08. The third kappa shape index (κ3) is 3.09. The van der Waals surface area contributed by atoms with E-state index < -0.39 is 0 Å². The molecule has 2 nitrogen and oxygen atoms in total. The van der Waals surface area contributed by atoms with Gasteiger partial charge in [0.25, 0.3) is 0 Å². The van der Waals surface area contributed by atoms with Gasteiger partial charge in [-0.15, -0.1) is 0 Å². The van der Waals surface area contributed by atoms with E-state index in [1.165, 1.54) is 12.8 Å².